The molecule has 0 bridgehead atoms. The topological polar surface area (TPSA) is 44.0 Å². The summed E-state index contributed by atoms with van der Waals surface area (Å²) in [6, 6.07) is 2.14. The molecule has 1 N–H and O–H groups in total. The van der Waals surface area contributed by atoms with E-state index in [1.807, 2.05) is 0 Å². The van der Waals surface area contributed by atoms with E-state index >= 15 is 0 Å². The summed E-state index contributed by atoms with van der Waals surface area (Å²) in [5.74, 6) is -3.27. The summed E-state index contributed by atoms with van der Waals surface area (Å²) in [6.45, 7) is 0. The van der Waals surface area contributed by atoms with Crippen LogP contribution in [0.15, 0.2) is 17.0 Å². The van der Waals surface area contributed by atoms with Crippen molar-refractivity contribution in [3.8, 4) is 11.2 Å². The van der Waals surface area contributed by atoms with Crippen LogP contribution in [-0.4, -0.2) is 5.11 Å². The molecule has 0 aliphatic heterocycles. The molecule has 0 aliphatic rings. The second kappa shape index (κ2) is 3.41. The van der Waals surface area contributed by atoms with Gasteiger partial charge in [0.1, 0.15) is 5.40 Å². The third-order valence-corrected chi connectivity index (χ3v) is 1.81. The highest BCUT2D eigenvalue weighted by Gasteiger charge is 2.12. The average molecular weight is 187 g/mol. The van der Waals surface area contributed by atoms with E-state index in [4.69, 9.17) is 10.4 Å². The number of nitrogens with zero attached hydrogens (tertiary/aromatic N) is 1. The van der Waals surface area contributed by atoms with Crippen LogP contribution in [0.5, 0.6) is 5.75 Å². The van der Waals surface area contributed by atoms with E-state index in [9.17, 15) is 8.78 Å². The summed E-state index contributed by atoms with van der Waals surface area (Å²) in [4.78, 5) is -0.132. The first-order chi connectivity index (χ1) is 5.66. The Kier molecular flexibility index (Phi) is 2.51. The lowest BCUT2D eigenvalue weighted by Crippen LogP contribution is -1.86. The quantitative estimate of drug-likeness (QED) is 0.541. The molecule has 12 heavy (non-hydrogen) atoms. The number of aromatic hydroxyl groups is 1. The monoisotopic (exact) mass is 187 g/mol. The fourth-order valence-electron chi connectivity index (χ4n) is 0.650. The van der Waals surface area contributed by atoms with Gasteiger partial charge in [-0.05, 0) is 23.9 Å². The molecule has 0 radical (unpaired) electrons. The Morgan fingerprint density at radius 1 is 1.33 bits per heavy atom. The van der Waals surface area contributed by atoms with Crippen molar-refractivity contribution < 1.29 is 13.9 Å². The number of phenolic OH excluding ortho intramolecular Hbond substituents is 1. The molecule has 1 aromatic rings. The van der Waals surface area contributed by atoms with Crippen LogP contribution in [0.2, 0.25) is 0 Å². The van der Waals surface area contributed by atoms with Crippen molar-refractivity contribution in [3.05, 3.63) is 23.8 Å². The first-order valence-electron chi connectivity index (χ1n) is 2.89. The highest BCUT2D eigenvalue weighted by atomic mass is 32.2. The zero-order valence-electron chi connectivity index (χ0n) is 5.71. The van der Waals surface area contributed by atoms with Crippen LogP contribution in [0.3, 0.4) is 0 Å². The van der Waals surface area contributed by atoms with Crippen molar-refractivity contribution in [3.63, 3.8) is 0 Å². The number of nitriles is 1. The van der Waals surface area contributed by atoms with Gasteiger partial charge in [-0.2, -0.15) is 9.65 Å². The summed E-state index contributed by atoms with van der Waals surface area (Å²) in [5, 5.41) is 18.5. The van der Waals surface area contributed by atoms with Gasteiger partial charge < -0.3 is 5.11 Å². The van der Waals surface area contributed by atoms with Crippen LogP contribution in [0.4, 0.5) is 8.78 Å². The van der Waals surface area contributed by atoms with Crippen LogP contribution in [0.25, 0.3) is 0 Å². The molecule has 0 atom stereocenters. The Balaban J connectivity index is 3.19. The van der Waals surface area contributed by atoms with Gasteiger partial charge in [-0.25, -0.2) is 4.39 Å². The van der Waals surface area contributed by atoms with Gasteiger partial charge in [0, 0.05) is 0 Å². The smallest absolute Gasteiger partial charge is 0.201 e. The fourth-order valence-corrected chi connectivity index (χ4v) is 1.06. The maximum atomic E-state index is 12.7. The van der Waals surface area contributed by atoms with Gasteiger partial charge in [0.2, 0.25) is 5.82 Å². The van der Waals surface area contributed by atoms with E-state index in [-0.39, 0.29) is 4.90 Å². The molecule has 0 heterocycles. The molecule has 0 spiro atoms. The first kappa shape index (κ1) is 8.81. The van der Waals surface area contributed by atoms with Gasteiger partial charge in [-0.1, -0.05) is 0 Å². The van der Waals surface area contributed by atoms with E-state index in [1.165, 1.54) is 0 Å². The molecule has 62 valence electrons. The van der Waals surface area contributed by atoms with Crippen LogP contribution in [-0.2, 0) is 0 Å². The minimum Gasteiger partial charge on any atom is -0.505 e. The van der Waals surface area contributed by atoms with E-state index in [2.05, 4.69) is 0 Å². The van der Waals surface area contributed by atoms with Crippen molar-refractivity contribution in [2.24, 2.45) is 0 Å². The zero-order valence-corrected chi connectivity index (χ0v) is 6.53. The Morgan fingerprint density at radius 3 is 2.58 bits per heavy atom. The van der Waals surface area contributed by atoms with Gasteiger partial charge in [-0.3, -0.25) is 0 Å². The minimum absolute atomic E-state index is 0.132. The lowest BCUT2D eigenvalue weighted by molar-refractivity contribution is 0.401. The highest BCUT2D eigenvalue weighted by molar-refractivity contribution is 8.03. The maximum Gasteiger partial charge on any atom is 0.201 e. The number of hydrogen-bond donors (Lipinski definition) is 1. The molecule has 1 rings (SSSR count). The number of halogens is 2. The molecule has 0 aliphatic carbocycles. The molecular formula is C7H3F2NOS. The Bertz CT molecular complexity index is 348. The van der Waals surface area contributed by atoms with E-state index in [1.54, 1.807) is 5.40 Å². The summed E-state index contributed by atoms with van der Waals surface area (Å²) in [5.41, 5.74) is 0. The van der Waals surface area contributed by atoms with Crippen molar-refractivity contribution in [1.82, 2.24) is 0 Å². The fraction of sp³-hybridized carbons (Fsp3) is 0. The first-order valence-corrected chi connectivity index (χ1v) is 3.71. The number of thiocyanates is 1. The van der Waals surface area contributed by atoms with Gasteiger partial charge in [0.15, 0.2) is 11.6 Å². The van der Waals surface area contributed by atoms with Crippen molar-refractivity contribution in [1.29, 1.82) is 5.26 Å². The predicted molar refractivity (Wildman–Crippen MR) is 39.5 cm³/mol. The summed E-state index contributed by atoms with van der Waals surface area (Å²) in [6.07, 6.45) is 0. The van der Waals surface area contributed by atoms with E-state index in [0.717, 1.165) is 12.1 Å². The Morgan fingerprint density at radius 2 is 2.00 bits per heavy atom. The number of rotatable bonds is 1. The molecule has 0 saturated heterocycles. The van der Waals surface area contributed by atoms with Gasteiger partial charge >= 0.3 is 0 Å². The van der Waals surface area contributed by atoms with Crippen molar-refractivity contribution in [2.75, 3.05) is 0 Å². The highest BCUT2D eigenvalue weighted by Crippen LogP contribution is 2.27. The number of phenols is 1. The van der Waals surface area contributed by atoms with Crippen molar-refractivity contribution >= 4 is 11.8 Å². The molecule has 2 nitrogen and oxygen atoms in total. The summed E-state index contributed by atoms with van der Waals surface area (Å²) >= 11 is 0.504. The van der Waals surface area contributed by atoms with Gasteiger partial charge in [-0.15, -0.1) is 0 Å². The molecule has 1 aromatic carbocycles. The normalized spacial score (nSPS) is 9.42. The van der Waals surface area contributed by atoms with Crippen LogP contribution >= 0.6 is 11.8 Å². The third kappa shape index (κ3) is 1.48. The summed E-state index contributed by atoms with van der Waals surface area (Å²) in [7, 11) is 0. The number of hydrogen-bond acceptors (Lipinski definition) is 3. The van der Waals surface area contributed by atoms with E-state index in [0.29, 0.717) is 11.8 Å². The van der Waals surface area contributed by atoms with Gasteiger partial charge in [0.05, 0.1) is 4.90 Å². The number of benzene rings is 1. The molecule has 0 saturated carbocycles. The van der Waals surface area contributed by atoms with E-state index < -0.39 is 17.4 Å². The minimum atomic E-state index is -1.32. The molecule has 0 aromatic heterocycles. The number of thioether (sulfide) groups is 1. The van der Waals surface area contributed by atoms with Crippen LogP contribution < -0.4 is 0 Å². The predicted octanol–water partition coefficient (Wildman–Crippen LogP) is 2.24. The maximum absolute atomic E-state index is 12.7. The lowest BCUT2D eigenvalue weighted by atomic mass is 10.3. The summed E-state index contributed by atoms with van der Waals surface area (Å²) < 4.78 is 25.3. The van der Waals surface area contributed by atoms with Crippen LogP contribution in [0, 0.1) is 22.3 Å². The molecule has 5 heteroatoms. The molecule has 0 amide bonds. The van der Waals surface area contributed by atoms with Gasteiger partial charge in [0.25, 0.3) is 0 Å². The second-order valence-corrected chi connectivity index (χ2v) is 2.73. The zero-order chi connectivity index (χ0) is 9.14. The van der Waals surface area contributed by atoms with Crippen LogP contribution in [0.1, 0.15) is 0 Å². The molecule has 0 fully saturated rings. The Hall–Kier alpha value is -1.28. The Labute approximate surface area is 71.4 Å². The molecular weight excluding hydrogens is 184 g/mol. The SMILES string of the molecule is N#CSc1ccc(O)c(F)c1F. The second-order valence-electron chi connectivity index (χ2n) is 1.90. The molecule has 0 unspecified atom stereocenters. The average Bonchev–Trinajstić information content (AvgIpc) is 2.07. The third-order valence-electron chi connectivity index (χ3n) is 1.18. The van der Waals surface area contributed by atoms with Crippen molar-refractivity contribution in [2.45, 2.75) is 4.90 Å². The largest absolute Gasteiger partial charge is 0.505 e. The standard InChI is InChI=1S/C7H3F2NOS/c8-6-4(11)1-2-5(7(6)9)12-3-10/h1-2,11H. The lowest BCUT2D eigenvalue weighted by Gasteiger charge is -1.99.